The van der Waals surface area contributed by atoms with Gasteiger partial charge in [0.1, 0.15) is 0 Å². The van der Waals surface area contributed by atoms with Crippen molar-refractivity contribution < 1.29 is 5.11 Å². The standard InChI is InChI=1S/C12H24N2O/c1-13-7-2-4-11(13)6-9-14-8-3-5-12(14)10-15/h11-12,15H,2-10H2,1H3. The Morgan fingerprint density at radius 3 is 2.53 bits per heavy atom. The highest BCUT2D eigenvalue weighted by atomic mass is 16.3. The van der Waals surface area contributed by atoms with E-state index < -0.39 is 0 Å². The first kappa shape index (κ1) is 11.4. The number of likely N-dealkylation sites (tertiary alicyclic amines) is 2. The van der Waals surface area contributed by atoms with Crippen LogP contribution in [0.15, 0.2) is 0 Å². The maximum absolute atomic E-state index is 9.23. The Labute approximate surface area is 93.1 Å². The van der Waals surface area contributed by atoms with Crippen molar-refractivity contribution in [2.24, 2.45) is 0 Å². The third-order valence-corrected chi connectivity index (χ3v) is 4.13. The Kier molecular flexibility index (Phi) is 4.00. The van der Waals surface area contributed by atoms with Crippen LogP contribution >= 0.6 is 0 Å². The number of rotatable bonds is 4. The zero-order valence-corrected chi connectivity index (χ0v) is 9.86. The fraction of sp³-hybridized carbons (Fsp3) is 1.00. The van der Waals surface area contributed by atoms with Gasteiger partial charge in [-0.1, -0.05) is 0 Å². The molecule has 0 radical (unpaired) electrons. The van der Waals surface area contributed by atoms with E-state index in [1.807, 2.05) is 0 Å². The molecule has 3 nitrogen and oxygen atoms in total. The van der Waals surface area contributed by atoms with Crippen LogP contribution < -0.4 is 0 Å². The lowest BCUT2D eigenvalue weighted by atomic mass is 10.1. The minimum Gasteiger partial charge on any atom is -0.395 e. The zero-order valence-electron chi connectivity index (χ0n) is 9.86. The molecule has 0 aromatic heterocycles. The summed E-state index contributed by atoms with van der Waals surface area (Å²) in [5, 5.41) is 9.23. The predicted molar refractivity (Wildman–Crippen MR) is 61.9 cm³/mol. The summed E-state index contributed by atoms with van der Waals surface area (Å²) in [5.41, 5.74) is 0. The largest absolute Gasteiger partial charge is 0.395 e. The fourth-order valence-electron chi connectivity index (χ4n) is 3.06. The van der Waals surface area contributed by atoms with Crippen LogP contribution in [0.4, 0.5) is 0 Å². The molecule has 2 rings (SSSR count). The van der Waals surface area contributed by atoms with Crippen LogP contribution in [0.1, 0.15) is 32.1 Å². The minimum atomic E-state index is 0.348. The maximum atomic E-state index is 9.23. The Bertz CT molecular complexity index is 198. The zero-order chi connectivity index (χ0) is 10.7. The number of hydrogen-bond acceptors (Lipinski definition) is 3. The first-order valence-electron chi connectivity index (χ1n) is 6.36. The van der Waals surface area contributed by atoms with Crippen LogP contribution in [0, 0.1) is 0 Å². The number of hydrogen-bond donors (Lipinski definition) is 1. The van der Waals surface area contributed by atoms with Gasteiger partial charge in [-0.3, -0.25) is 4.90 Å². The van der Waals surface area contributed by atoms with Gasteiger partial charge in [-0.15, -0.1) is 0 Å². The van der Waals surface area contributed by atoms with Gasteiger partial charge in [-0.05, 0) is 52.2 Å². The summed E-state index contributed by atoms with van der Waals surface area (Å²) in [4.78, 5) is 4.97. The third-order valence-electron chi connectivity index (χ3n) is 4.13. The molecule has 2 atom stereocenters. The molecule has 1 N–H and O–H groups in total. The minimum absolute atomic E-state index is 0.348. The van der Waals surface area contributed by atoms with Gasteiger partial charge in [-0.25, -0.2) is 0 Å². The molecule has 0 bridgehead atoms. The summed E-state index contributed by atoms with van der Waals surface area (Å²) in [5.74, 6) is 0. The molecule has 0 aliphatic carbocycles. The molecule has 0 aromatic rings. The van der Waals surface area contributed by atoms with Gasteiger partial charge in [-0.2, -0.15) is 0 Å². The van der Waals surface area contributed by atoms with Crippen molar-refractivity contribution in [1.82, 2.24) is 9.80 Å². The Balaban J connectivity index is 1.72. The molecule has 2 fully saturated rings. The molecular formula is C12H24N2O. The highest BCUT2D eigenvalue weighted by Gasteiger charge is 2.26. The molecule has 0 saturated carbocycles. The lowest BCUT2D eigenvalue weighted by molar-refractivity contribution is 0.147. The topological polar surface area (TPSA) is 26.7 Å². The second kappa shape index (κ2) is 5.28. The smallest absolute Gasteiger partial charge is 0.0586 e. The van der Waals surface area contributed by atoms with E-state index in [0.717, 1.165) is 6.04 Å². The molecule has 0 aromatic carbocycles. The van der Waals surface area contributed by atoms with Gasteiger partial charge in [0, 0.05) is 18.6 Å². The average molecular weight is 212 g/mol. The van der Waals surface area contributed by atoms with Crippen molar-refractivity contribution in [1.29, 1.82) is 0 Å². The molecule has 2 unspecified atom stereocenters. The summed E-state index contributed by atoms with van der Waals surface area (Å²) in [6, 6.07) is 1.25. The van der Waals surface area contributed by atoms with Crippen molar-refractivity contribution in [2.45, 2.75) is 44.2 Å². The van der Waals surface area contributed by atoms with Gasteiger partial charge in [0.05, 0.1) is 6.61 Å². The number of nitrogens with zero attached hydrogens (tertiary/aromatic N) is 2. The van der Waals surface area contributed by atoms with Gasteiger partial charge < -0.3 is 10.0 Å². The molecular weight excluding hydrogens is 188 g/mol. The lowest BCUT2D eigenvalue weighted by Crippen LogP contribution is -2.36. The summed E-state index contributed by atoms with van der Waals surface area (Å²) < 4.78 is 0. The average Bonchev–Trinajstić information content (AvgIpc) is 2.83. The van der Waals surface area contributed by atoms with Gasteiger partial charge in [0.2, 0.25) is 0 Å². The van der Waals surface area contributed by atoms with Crippen LogP contribution in [0.5, 0.6) is 0 Å². The molecule has 88 valence electrons. The van der Waals surface area contributed by atoms with Crippen LogP contribution in [0.2, 0.25) is 0 Å². The maximum Gasteiger partial charge on any atom is 0.0586 e. The Morgan fingerprint density at radius 1 is 1.13 bits per heavy atom. The van der Waals surface area contributed by atoms with Crippen molar-refractivity contribution in [3.05, 3.63) is 0 Å². The molecule has 2 heterocycles. The Hall–Kier alpha value is -0.120. The molecule has 2 aliphatic rings. The molecule has 0 spiro atoms. The van der Waals surface area contributed by atoms with E-state index in [-0.39, 0.29) is 0 Å². The van der Waals surface area contributed by atoms with E-state index in [9.17, 15) is 5.11 Å². The molecule has 2 aliphatic heterocycles. The van der Waals surface area contributed by atoms with Crippen LogP contribution in [-0.4, -0.2) is 60.3 Å². The molecule has 0 amide bonds. The normalized spacial score (nSPS) is 34.0. The number of aliphatic hydroxyl groups is 1. The van der Waals surface area contributed by atoms with Crippen LogP contribution in [0.25, 0.3) is 0 Å². The summed E-state index contributed by atoms with van der Waals surface area (Å²) >= 11 is 0. The van der Waals surface area contributed by atoms with Crippen molar-refractivity contribution >= 4 is 0 Å². The van der Waals surface area contributed by atoms with Gasteiger partial charge in [0.15, 0.2) is 0 Å². The van der Waals surface area contributed by atoms with E-state index in [2.05, 4.69) is 16.8 Å². The van der Waals surface area contributed by atoms with E-state index in [1.165, 1.54) is 51.7 Å². The second-order valence-corrected chi connectivity index (χ2v) is 5.08. The monoisotopic (exact) mass is 212 g/mol. The first-order valence-corrected chi connectivity index (χ1v) is 6.36. The Morgan fingerprint density at radius 2 is 1.87 bits per heavy atom. The van der Waals surface area contributed by atoms with E-state index in [1.54, 1.807) is 0 Å². The summed E-state index contributed by atoms with van der Waals surface area (Å²) in [6.45, 7) is 4.00. The number of aliphatic hydroxyl groups excluding tert-OH is 1. The van der Waals surface area contributed by atoms with Gasteiger partial charge in [0.25, 0.3) is 0 Å². The van der Waals surface area contributed by atoms with E-state index >= 15 is 0 Å². The quantitative estimate of drug-likeness (QED) is 0.751. The third kappa shape index (κ3) is 2.71. The predicted octanol–water partition coefficient (Wildman–Crippen LogP) is 0.927. The van der Waals surface area contributed by atoms with E-state index in [0.29, 0.717) is 12.6 Å². The van der Waals surface area contributed by atoms with Crippen molar-refractivity contribution in [3.8, 4) is 0 Å². The highest BCUT2D eigenvalue weighted by molar-refractivity contribution is 4.82. The first-order chi connectivity index (χ1) is 7.31. The highest BCUT2D eigenvalue weighted by Crippen LogP contribution is 2.21. The van der Waals surface area contributed by atoms with Gasteiger partial charge >= 0.3 is 0 Å². The van der Waals surface area contributed by atoms with Crippen LogP contribution in [0.3, 0.4) is 0 Å². The molecule has 15 heavy (non-hydrogen) atoms. The van der Waals surface area contributed by atoms with Crippen molar-refractivity contribution in [2.75, 3.05) is 33.3 Å². The fourth-order valence-corrected chi connectivity index (χ4v) is 3.06. The van der Waals surface area contributed by atoms with E-state index in [4.69, 9.17) is 0 Å². The van der Waals surface area contributed by atoms with Crippen molar-refractivity contribution in [3.63, 3.8) is 0 Å². The summed E-state index contributed by atoms with van der Waals surface area (Å²) in [6.07, 6.45) is 6.48. The molecule has 3 heteroatoms. The molecule has 2 saturated heterocycles. The lowest BCUT2D eigenvalue weighted by Gasteiger charge is -2.26. The second-order valence-electron chi connectivity index (χ2n) is 5.08. The van der Waals surface area contributed by atoms with Crippen LogP contribution in [-0.2, 0) is 0 Å². The summed E-state index contributed by atoms with van der Waals surface area (Å²) in [7, 11) is 2.24. The SMILES string of the molecule is CN1CCCC1CCN1CCCC1CO.